The van der Waals surface area contributed by atoms with E-state index in [4.69, 9.17) is 23.2 Å². The number of likely N-dealkylation sites (tertiary alicyclic amines) is 1. The van der Waals surface area contributed by atoms with Crippen molar-refractivity contribution in [3.05, 3.63) is 69.7 Å². The molecule has 8 heteroatoms. The number of carbonyl (C=O) groups is 1. The summed E-state index contributed by atoms with van der Waals surface area (Å²) >= 11 is 12.5. The second kappa shape index (κ2) is 9.95. The Hall–Kier alpha value is -1.60. The Bertz CT molecular complexity index is 1100. The molecule has 2 aliphatic rings. The van der Waals surface area contributed by atoms with E-state index in [2.05, 4.69) is 6.07 Å². The van der Waals surface area contributed by atoms with Gasteiger partial charge in [-0.15, -0.1) is 0 Å². The van der Waals surface area contributed by atoms with Crippen LogP contribution in [0.1, 0.15) is 62.1 Å². The molecule has 1 saturated carbocycles. The van der Waals surface area contributed by atoms with Gasteiger partial charge in [-0.05, 0) is 61.1 Å². The van der Waals surface area contributed by atoms with Crippen molar-refractivity contribution in [3.63, 3.8) is 0 Å². The maximum Gasteiger partial charge on any atom is 0.223 e. The lowest BCUT2D eigenvalue weighted by Gasteiger charge is -2.46. The third-order valence-electron chi connectivity index (χ3n) is 6.84. The number of carbonyl (C=O) groups excluding carboxylic acids is 1. The molecule has 2 aromatic rings. The Morgan fingerprint density at radius 1 is 1.03 bits per heavy atom. The summed E-state index contributed by atoms with van der Waals surface area (Å²) in [6, 6.07) is 14.9. The van der Waals surface area contributed by atoms with E-state index in [0.29, 0.717) is 29.3 Å². The van der Waals surface area contributed by atoms with Crippen molar-refractivity contribution in [2.24, 2.45) is 0 Å². The second-order valence-corrected chi connectivity index (χ2v) is 12.3. The van der Waals surface area contributed by atoms with Gasteiger partial charge in [-0.3, -0.25) is 4.79 Å². The normalized spacial score (nSPS) is 22.6. The van der Waals surface area contributed by atoms with Crippen LogP contribution < -0.4 is 0 Å². The first-order valence-corrected chi connectivity index (χ1v) is 13.8. The number of nitrogens with zero attached hydrogens (tertiary/aromatic N) is 2. The van der Waals surface area contributed by atoms with E-state index in [-0.39, 0.29) is 35.7 Å². The molecule has 0 radical (unpaired) electrons. The van der Waals surface area contributed by atoms with Crippen LogP contribution in [0.3, 0.4) is 0 Å². The first-order valence-electron chi connectivity index (χ1n) is 11.5. The molecule has 1 amide bonds. The minimum Gasteiger partial charge on any atom is -0.331 e. The van der Waals surface area contributed by atoms with Gasteiger partial charge in [0.25, 0.3) is 0 Å². The molecule has 1 saturated heterocycles. The van der Waals surface area contributed by atoms with Crippen molar-refractivity contribution < 1.29 is 13.2 Å². The average molecular weight is 509 g/mol. The van der Waals surface area contributed by atoms with Gasteiger partial charge in [-0.25, -0.2) is 12.7 Å². The van der Waals surface area contributed by atoms with Gasteiger partial charge in [0.05, 0.1) is 11.3 Å². The smallest absolute Gasteiger partial charge is 0.223 e. The van der Waals surface area contributed by atoms with Gasteiger partial charge in [0.2, 0.25) is 15.9 Å². The first kappa shape index (κ1) is 24.5. The molecule has 1 aliphatic heterocycles. The van der Waals surface area contributed by atoms with Crippen LogP contribution in [0.2, 0.25) is 10.0 Å². The highest BCUT2D eigenvalue weighted by atomic mass is 35.5. The molecule has 4 rings (SSSR count). The lowest BCUT2D eigenvalue weighted by molar-refractivity contribution is -0.141. The monoisotopic (exact) mass is 508 g/mol. The Labute approximate surface area is 206 Å². The molecule has 0 aromatic heterocycles. The molecule has 3 unspecified atom stereocenters. The minimum atomic E-state index is -3.33. The number of hydrogen-bond acceptors (Lipinski definition) is 3. The van der Waals surface area contributed by atoms with Crippen LogP contribution in [0.4, 0.5) is 0 Å². The van der Waals surface area contributed by atoms with Crippen LogP contribution in [0.25, 0.3) is 0 Å². The summed E-state index contributed by atoms with van der Waals surface area (Å²) in [5.74, 6) is 0.0965. The number of halogens is 2. The molecule has 3 atom stereocenters. The molecular formula is C25H30Cl2N2O3S. The average Bonchev–Trinajstić information content (AvgIpc) is 3.64. The molecular weight excluding hydrogens is 479 g/mol. The quantitative estimate of drug-likeness (QED) is 0.463. The summed E-state index contributed by atoms with van der Waals surface area (Å²) in [4.78, 5) is 15.3. The maximum atomic E-state index is 13.4. The predicted molar refractivity (Wildman–Crippen MR) is 133 cm³/mol. The summed E-state index contributed by atoms with van der Waals surface area (Å²) in [5.41, 5.74) is 2.07. The van der Waals surface area contributed by atoms with Crippen molar-refractivity contribution in [3.8, 4) is 0 Å². The lowest BCUT2D eigenvalue weighted by atomic mass is 9.79. The Morgan fingerprint density at radius 2 is 1.73 bits per heavy atom. The Kier molecular flexibility index (Phi) is 7.39. The SMILES string of the molecule is CCC(CN(C)S(=O)(=O)C1CC1)N1C(=O)CCC(c2cccc(Cl)c2)C1c1ccc(Cl)cc1. The summed E-state index contributed by atoms with van der Waals surface area (Å²) in [6.45, 7) is 2.30. The summed E-state index contributed by atoms with van der Waals surface area (Å²) in [7, 11) is -1.69. The molecule has 1 heterocycles. The molecule has 5 nitrogen and oxygen atoms in total. The first-order chi connectivity index (χ1) is 15.7. The molecule has 0 N–H and O–H groups in total. The largest absolute Gasteiger partial charge is 0.331 e. The van der Waals surface area contributed by atoms with Gasteiger partial charge in [-0.2, -0.15) is 0 Å². The number of likely N-dealkylation sites (N-methyl/N-ethyl adjacent to an activating group) is 1. The van der Waals surface area contributed by atoms with Crippen LogP contribution in [0.5, 0.6) is 0 Å². The molecule has 0 bridgehead atoms. The van der Waals surface area contributed by atoms with Gasteiger partial charge in [-0.1, -0.05) is 54.4 Å². The van der Waals surface area contributed by atoms with E-state index in [0.717, 1.165) is 24.0 Å². The lowest BCUT2D eigenvalue weighted by Crippen LogP contribution is -2.52. The van der Waals surface area contributed by atoms with Crippen molar-refractivity contribution >= 4 is 39.1 Å². The molecule has 0 spiro atoms. The number of amides is 1. The third-order valence-corrected chi connectivity index (χ3v) is 9.66. The van der Waals surface area contributed by atoms with E-state index in [1.54, 1.807) is 7.05 Å². The van der Waals surface area contributed by atoms with E-state index >= 15 is 0 Å². The molecule has 33 heavy (non-hydrogen) atoms. The fourth-order valence-corrected chi connectivity index (χ4v) is 6.86. The Morgan fingerprint density at radius 3 is 2.33 bits per heavy atom. The number of benzene rings is 2. The number of hydrogen-bond donors (Lipinski definition) is 0. The van der Waals surface area contributed by atoms with Gasteiger partial charge < -0.3 is 4.90 Å². The summed E-state index contributed by atoms with van der Waals surface area (Å²) in [6.07, 6.45) is 3.21. The van der Waals surface area contributed by atoms with E-state index in [9.17, 15) is 13.2 Å². The Balaban J connectivity index is 1.73. The molecule has 2 aromatic carbocycles. The van der Waals surface area contributed by atoms with Crippen molar-refractivity contribution in [1.82, 2.24) is 9.21 Å². The number of sulfonamides is 1. The van der Waals surface area contributed by atoms with Crippen LogP contribution in [0.15, 0.2) is 48.5 Å². The topological polar surface area (TPSA) is 57.7 Å². The standard InChI is InChI=1S/C25H30Cl2N2O3S/c1-3-21(16-28(2)33(31,32)22-11-12-22)29-24(30)14-13-23(18-5-4-6-20(27)15-18)25(29)17-7-9-19(26)10-8-17/h4-10,15,21-23,25H,3,11-14,16H2,1-2H3. The fourth-order valence-electron chi connectivity index (χ4n) is 4.92. The van der Waals surface area contributed by atoms with Gasteiger partial charge in [0.1, 0.15) is 0 Å². The number of piperidine rings is 1. The second-order valence-electron chi connectivity index (χ2n) is 9.08. The van der Waals surface area contributed by atoms with Crippen LogP contribution in [-0.4, -0.2) is 48.4 Å². The van der Waals surface area contributed by atoms with E-state index in [1.807, 2.05) is 54.3 Å². The van der Waals surface area contributed by atoms with E-state index < -0.39 is 10.0 Å². The van der Waals surface area contributed by atoms with E-state index in [1.165, 1.54) is 4.31 Å². The zero-order valence-corrected chi connectivity index (χ0v) is 21.3. The number of rotatable bonds is 8. The highest BCUT2D eigenvalue weighted by molar-refractivity contribution is 7.90. The van der Waals surface area contributed by atoms with Gasteiger partial charge in [0.15, 0.2) is 0 Å². The third kappa shape index (κ3) is 5.24. The minimum absolute atomic E-state index is 0.0435. The molecule has 178 valence electrons. The van der Waals surface area contributed by atoms with Crippen LogP contribution in [0, 0.1) is 0 Å². The van der Waals surface area contributed by atoms with Crippen LogP contribution >= 0.6 is 23.2 Å². The van der Waals surface area contributed by atoms with Gasteiger partial charge >= 0.3 is 0 Å². The highest BCUT2D eigenvalue weighted by Crippen LogP contribution is 2.45. The van der Waals surface area contributed by atoms with Crippen molar-refractivity contribution in [2.75, 3.05) is 13.6 Å². The summed E-state index contributed by atoms with van der Waals surface area (Å²) in [5, 5.41) is 1.02. The van der Waals surface area contributed by atoms with Crippen molar-refractivity contribution in [2.45, 2.75) is 62.3 Å². The zero-order chi connectivity index (χ0) is 23.8. The predicted octanol–water partition coefficient (Wildman–Crippen LogP) is 5.64. The fraction of sp³-hybridized carbons (Fsp3) is 0.480. The zero-order valence-electron chi connectivity index (χ0n) is 19.0. The summed E-state index contributed by atoms with van der Waals surface area (Å²) < 4.78 is 27.1. The van der Waals surface area contributed by atoms with Crippen molar-refractivity contribution in [1.29, 1.82) is 0 Å². The molecule has 1 aliphatic carbocycles. The molecule has 2 fully saturated rings. The van der Waals surface area contributed by atoms with Crippen LogP contribution in [-0.2, 0) is 14.8 Å². The van der Waals surface area contributed by atoms with Gasteiger partial charge in [0, 0.05) is 42.0 Å². The maximum absolute atomic E-state index is 13.4. The highest BCUT2D eigenvalue weighted by Gasteiger charge is 2.43.